The smallest absolute Gasteiger partial charge is 0.135 e. The highest BCUT2D eigenvalue weighted by Gasteiger charge is 2.14. The SMILES string of the molecule is NCCN1CCC(=O)CC1. The van der Waals surface area contributed by atoms with Crippen molar-refractivity contribution in [1.29, 1.82) is 0 Å². The van der Waals surface area contributed by atoms with Crippen LogP contribution in [0.3, 0.4) is 0 Å². The van der Waals surface area contributed by atoms with Crippen LogP contribution in [0.2, 0.25) is 0 Å². The summed E-state index contributed by atoms with van der Waals surface area (Å²) in [4.78, 5) is 13.0. The van der Waals surface area contributed by atoms with Crippen LogP contribution in [0, 0.1) is 0 Å². The first-order chi connectivity index (χ1) is 4.83. The first-order valence-electron chi connectivity index (χ1n) is 3.77. The Balaban J connectivity index is 2.19. The van der Waals surface area contributed by atoms with Crippen molar-refractivity contribution in [1.82, 2.24) is 4.90 Å². The second-order valence-corrected chi connectivity index (χ2v) is 2.67. The molecule has 0 amide bonds. The maximum atomic E-state index is 10.8. The van der Waals surface area contributed by atoms with Crippen LogP contribution in [0.5, 0.6) is 0 Å². The van der Waals surface area contributed by atoms with E-state index in [1.807, 2.05) is 0 Å². The van der Waals surface area contributed by atoms with Gasteiger partial charge in [0.05, 0.1) is 0 Å². The molecule has 3 heteroatoms. The van der Waals surface area contributed by atoms with Crippen molar-refractivity contribution in [2.24, 2.45) is 5.73 Å². The average Bonchev–Trinajstić information content (AvgIpc) is 1.95. The number of ketones is 1. The standard InChI is InChI=1S/C7H14N2O/c8-3-6-9-4-1-7(10)2-5-9/h1-6,8H2. The van der Waals surface area contributed by atoms with Crippen LogP contribution in [-0.2, 0) is 4.79 Å². The molecule has 1 aliphatic heterocycles. The van der Waals surface area contributed by atoms with Gasteiger partial charge in [0, 0.05) is 39.0 Å². The van der Waals surface area contributed by atoms with Crippen LogP contribution >= 0.6 is 0 Å². The van der Waals surface area contributed by atoms with Crippen LogP contribution in [0.4, 0.5) is 0 Å². The van der Waals surface area contributed by atoms with Gasteiger partial charge < -0.3 is 10.6 Å². The summed E-state index contributed by atoms with van der Waals surface area (Å²) in [5, 5.41) is 0. The van der Waals surface area contributed by atoms with E-state index < -0.39 is 0 Å². The van der Waals surface area contributed by atoms with Gasteiger partial charge >= 0.3 is 0 Å². The van der Waals surface area contributed by atoms with Gasteiger partial charge in [-0.15, -0.1) is 0 Å². The van der Waals surface area contributed by atoms with Crippen molar-refractivity contribution in [3.8, 4) is 0 Å². The number of Topliss-reactive ketones (excluding diaryl/α,β-unsaturated/α-hetero) is 1. The normalized spacial score (nSPS) is 21.5. The molecule has 0 bridgehead atoms. The van der Waals surface area contributed by atoms with E-state index in [4.69, 9.17) is 5.73 Å². The number of hydrogen-bond donors (Lipinski definition) is 1. The summed E-state index contributed by atoms with van der Waals surface area (Å²) in [6.45, 7) is 3.47. The molecule has 58 valence electrons. The Morgan fingerprint density at radius 2 is 2.00 bits per heavy atom. The van der Waals surface area contributed by atoms with Gasteiger partial charge in [-0.1, -0.05) is 0 Å². The molecule has 0 saturated carbocycles. The zero-order valence-electron chi connectivity index (χ0n) is 6.18. The van der Waals surface area contributed by atoms with Crippen LogP contribution in [0.15, 0.2) is 0 Å². The fraction of sp³-hybridized carbons (Fsp3) is 0.857. The maximum Gasteiger partial charge on any atom is 0.135 e. The van der Waals surface area contributed by atoms with Gasteiger partial charge in [-0.05, 0) is 0 Å². The summed E-state index contributed by atoms with van der Waals surface area (Å²) >= 11 is 0. The van der Waals surface area contributed by atoms with E-state index >= 15 is 0 Å². The lowest BCUT2D eigenvalue weighted by atomic mass is 10.1. The Bertz CT molecular complexity index is 115. The van der Waals surface area contributed by atoms with E-state index in [0.29, 0.717) is 12.3 Å². The number of hydrogen-bond acceptors (Lipinski definition) is 3. The zero-order chi connectivity index (χ0) is 7.40. The summed E-state index contributed by atoms with van der Waals surface area (Å²) in [6, 6.07) is 0. The quantitative estimate of drug-likeness (QED) is 0.571. The number of nitrogens with two attached hydrogens (primary N) is 1. The van der Waals surface area contributed by atoms with E-state index in [1.54, 1.807) is 0 Å². The van der Waals surface area contributed by atoms with Gasteiger partial charge in [-0.3, -0.25) is 4.79 Å². The van der Waals surface area contributed by atoms with Gasteiger partial charge in [0.2, 0.25) is 0 Å². The molecule has 0 aromatic heterocycles. The van der Waals surface area contributed by atoms with Crippen molar-refractivity contribution in [3.63, 3.8) is 0 Å². The van der Waals surface area contributed by atoms with Crippen LogP contribution in [0.1, 0.15) is 12.8 Å². The number of rotatable bonds is 2. The molecule has 0 spiro atoms. The van der Waals surface area contributed by atoms with Crippen LogP contribution in [0.25, 0.3) is 0 Å². The molecule has 0 unspecified atom stereocenters. The first kappa shape index (κ1) is 7.69. The van der Waals surface area contributed by atoms with Crippen molar-refractivity contribution >= 4 is 5.78 Å². The molecule has 1 saturated heterocycles. The Morgan fingerprint density at radius 1 is 1.40 bits per heavy atom. The maximum absolute atomic E-state index is 10.8. The summed E-state index contributed by atoms with van der Waals surface area (Å²) in [7, 11) is 0. The Hall–Kier alpha value is -0.410. The minimum atomic E-state index is 0.397. The topological polar surface area (TPSA) is 46.3 Å². The molecule has 0 aliphatic carbocycles. The highest BCUT2D eigenvalue weighted by molar-refractivity contribution is 5.79. The predicted molar refractivity (Wildman–Crippen MR) is 39.7 cm³/mol. The molecular weight excluding hydrogens is 128 g/mol. The Morgan fingerprint density at radius 3 is 2.50 bits per heavy atom. The fourth-order valence-corrected chi connectivity index (χ4v) is 1.21. The zero-order valence-corrected chi connectivity index (χ0v) is 6.18. The molecule has 3 nitrogen and oxygen atoms in total. The molecule has 1 heterocycles. The van der Waals surface area contributed by atoms with Gasteiger partial charge in [0.15, 0.2) is 0 Å². The number of nitrogens with zero attached hydrogens (tertiary/aromatic N) is 1. The third-order valence-electron chi connectivity index (χ3n) is 1.86. The van der Waals surface area contributed by atoms with Crippen LogP contribution in [-0.4, -0.2) is 36.9 Å². The lowest BCUT2D eigenvalue weighted by Crippen LogP contribution is -2.37. The van der Waals surface area contributed by atoms with Gasteiger partial charge in [0.25, 0.3) is 0 Å². The first-order valence-corrected chi connectivity index (χ1v) is 3.77. The Kier molecular flexibility index (Phi) is 2.83. The molecule has 0 aromatic rings. The third-order valence-corrected chi connectivity index (χ3v) is 1.86. The molecule has 0 atom stereocenters. The van der Waals surface area contributed by atoms with Crippen molar-refractivity contribution in [3.05, 3.63) is 0 Å². The monoisotopic (exact) mass is 142 g/mol. The molecule has 0 aromatic carbocycles. The number of likely N-dealkylation sites (tertiary alicyclic amines) is 1. The highest BCUT2D eigenvalue weighted by atomic mass is 16.1. The summed E-state index contributed by atoms with van der Waals surface area (Å²) in [5.74, 6) is 0.397. The predicted octanol–water partition coefficient (Wildman–Crippen LogP) is -0.390. The van der Waals surface area contributed by atoms with E-state index in [2.05, 4.69) is 4.90 Å². The van der Waals surface area contributed by atoms with E-state index in [0.717, 1.165) is 32.5 Å². The number of carbonyl (C=O) groups excluding carboxylic acids is 1. The second kappa shape index (κ2) is 3.68. The van der Waals surface area contributed by atoms with E-state index in [1.165, 1.54) is 0 Å². The van der Waals surface area contributed by atoms with E-state index in [-0.39, 0.29) is 0 Å². The summed E-state index contributed by atoms with van der Waals surface area (Å²) < 4.78 is 0. The molecule has 2 N–H and O–H groups in total. The van der Waals surface area contributed by atoms with Gasteiger partial charge in [-0.2, -0.15) is 0 Å². The average molecular weight is 142 g/mol. The van der Waals surface area contributed by atoms with Gasteiger partial charge in [0.1, 0.15) is 5.78 Å². The summed E-state index contributed by atoms with van der Waals surface area (Å²) in [5.41, 5.74) is 5.37. The minimum absolute atomic E-state index is 0.397. The molecular formula is C7H14N2O. The Labute approximate surface area is 61.2 Å². The number of carbonyl (C=O) groups is 1. The van der Waals surface area contributed by atoms with Gasteiger partial charge in [-0.25, -0.2) is 0 Å². The van der Waals surface area contributed by atoms with Crippen molar-refractivity contribution < 1.29 is 4.79 Å². The second-order valence-electron chi connectivity index (χ2n) is 2.67. The fourth-order valence-electron chi connectivity index (χ4n) is 1.21. The molecule has 1 aliphatic rings. The largest absolute Gasteiger partial charge is 0.329 e. The lowest BCUT2D eigenvalue weighted by molar-refractivity contribution is -0.121. The molecule has 1 rings (SSSR count). The third kappa shape index (κ3) is 2.08. The van der Waals surface area contributed by atoms with Crippen LogP contribution < -0.4 is 5.73 Å². The highest BCUT2D eigenvalue weighted by Crippen LogP contribution is 2.03. The molecule has 10 heavy (non-hydrogen) atoms. The van der Waals surface area contributed by atoms with Crippen molar-refractivity contribution in [2.75, 3.05) is 26.2 Å². The molecule has 0 radical (unpaired) electrons. The molecule has 1 fully saturated rings. The summed E-state index contributed by atoms with van der Waals surface area (Å²) in [6.07, 6.45) is 1.44. The van der Waals surface area contributed by atoms with E-state index in [9.17, 15) is 4.79 Å². The lowest BCUT2D eigenvalue weighted by Gasteiger charge is -2.24. The minimum Gasteiger partial charge on any atom is -0.329 e. The van der Waals surface area contributed by atoms with Crippen molar-refractivity contribution in [2.45, 2.75) is 12.8 Å². The number of piperidine rings is 1.